The summed E-state index contributed by atoms with van der Waals surface area (Å²) >= 11 is 0. The Labute approximate surface area is 98.1 Å². The lowest BCUT2D eigenvalue weighted by molar-refractivity contribution is 0.0687. The molecule has 0 heterocycles. The highest BCUT2D eigenvalue weighted by Gasteiger charge is 2.29. The highest BCUT2D eigenvalue weighted by Crippen LogP contribution is 2.31. The van der Waals surface area contributed by atoms with Crippen LogP contribution in [0.1, 0.15) is 23.2 Å². The number of ether oxygens (including phenoxy) is 1. The van der Waals surface area contributed by atoms with Crippen LogP contribution < -0.4 is 9.88 Å². The van der Waals surface area contributed by atoms with E-state index in [1.165, 1.54) is 12.1 Å². The molecule has 1 aromatic carbocycles. The fourth-order valence-electron chi connectivity index (χ4n) is 1.42. The fraction of sp³-hybridized carbons (Fsp3) is 0.300. The van der Waals surface area contributed by atoms with Crippen LogP contribution in [0.4, 0.5) is 0 Å². The average Bonchev–Trinajstić information content (AvgIpc) is 2.99. The summed E-state index contributed by atoms with van der Waals surface area (Å²) in [7, 11) is -4.08. The van der Waals surface area contributed by atoms with E-state index in [1.54, 1.807) is 0 Å². The lowest BCUT2D eigenvalue weighted by atomic mass is 10.2. The summed E-state index contributed by atoms with van der Waals surface area (Å²) in [4.78, 5) is 10.7. The third kappa shape index (κ3) is 2.56. The van der Waals surface area contributed by atoms with Gasteiger partial charge in [-0.25, -0.2) is 18.4 Å². The van der Waals surface area contributed by atoms with Crippen molar-refractivity contribution in [3.8, 4) is 5.75 Å². The number of aromatic carboxylic acids is 1. The molecule has 1 fully saturated rings. The molecule has 0 amide bonds. The van der Waals surface area contributed by atoms with Gasteiger partial charge in [0.25, 0.3) is 0 Å². The lowest BCUT2D eigenvalue weighted by Gasteiger charge is -2.10. The Bertz CT molecular complexity index is 562. The van der Waals surface area contributed by atoms with Crippen molar-refractivity contribution in [2.24, 2.45) is 5.14 Å². The van der Waals surface area contributed by atoms with Crippen molar-refractivity contribution in [2.75, 3.05) is 0 Å². The van der Waals surface area contributed by atoms with Gasteiger partial charge < -0.3 is 9.84 Å². The SMILES string of the molecule is NS(=O)(=O)c1cccc(OC2CC2)c1C(=O)O. The molecule has 0 unspecified atom stereocenters. The first kappa shape index (κ1) is 11.9. The zero-order valence-corrected chi connectivity index (χ0v) is 9.61. The van der Waals surface area contributed by atoms with Gasteiger partial charge in [0.1, 0.15) is 16.2 Å². The molecule has 6 nitrogen and oxygen atoms in total. The number of rotatable bonds is 4. The van der Waals surface area contributed by atoms with Crippen LogP contribution in [-0.4, -0.2) is 25.6 Å². The zero-order valence-electron chi connectivity index (χ0n) is 8.79. The zero-order chi connectivity index (χ0) is 12.6. The summed E-state index contributed by atoms with van der Waals surface area (Å²) in [6.45, 7) is 0. The maximum atomic E-state index is 11.3. The topological polar surface area (TPSA) is 107 Å². The minimum Gasteiger partial charge on any atom is -0.489 e. The van der Waals surface area contributed by atoms with Gasteiger partial charge in [-0.05, 0) is 25.0 Å². The van der Waals surface area contributed by atoms with Gasteiger partial charge in [-0.3, -0.25) is 0 Å². The molecular formula is C10H11NO5S. The van der Waals surface area contributed by atoms with Crippen molar-refractivity contribution >= 4 is 16.0 Å². The predicted molar refractivity (Wildman–Crippen MR) is 58.4 cm³/mol. The number of carboxylic acids is 1. The smallest absolute Gasteiger partial charge is 0.340 e. The van der Waals surface area contributed by atoms with Crippen LogP contribution in [0.25, 0.3) is 0 Å². The molecule has 92 valence electrons. The molecule has 0 aromatic heterocycles. The molecular weight excluding hydrogens is 246 g/mol. The highest BCUT2D eigenvalue weighted by molar-refractivity contribution is 7.89. The Kier molecular flexibility index (Phi) is 2.80. The summed E-state index contributed by atoms with van der Waals surface area (Å²) in [6, 6.07) is 3.99. The number of carboxylic acid groups (broad SMARTS) is 1. The van der Waals surface area contributed by atoms with Gasteiger partial charge in [0.2, 0.25) is 10.0 Å². The summed E-state index contributed by atoms with van der Waals surface area (Å²) < 4.78 is 27.9. The van der Waals surface area contributed by atoms with Gasteiger partial charge in [0.15, 0.2) is 0 Å². The van der Waals surface area contributed by atoms with E-state index >= 15 is 0 Å². The summed E-state index contributed by atoms with van der Waals surface area (Å²) in [5.74, 6) is -1.32. The standard InChI is InChI=1S/C10H11NO5S/c11-17(14,15)8-3-1-2-7(9(8)10(12)13)16-6-4-5-6/h1-3,6H,4-5H2,(H,12,13)(H2,11,14,15). The maximum absolute atomic E-state index is 11.3. The minimum absolute atomic E-state index is 0.0242. The van der Waals surface area contributed by atoms with Gasteiger partial charge in [0, 0.05) is 0 Å². The van der Waals surface area contributed by atoms with E-state index < -0.39 is 26.5 Å². The van der Waals surface area contributed by atoms with Gasteiger partial charge in [-0.2, -0.15) is 0 Å². The van der Waals surface area contributed by atoms with E-state index in [0.29, 0.717) is 0 Å². The number of hydrogen-bond donors (Lipinski definition) is 2. The number of carbonyl (C=O) groups is 1. The van der Waals surface area contributed by atoms with Crippen molar-refractivity contribution in [1.29, 1.82) is 0 Å². The fourth-order valence-corrected chi connectivity index (χ4v) is 2.16. The number of nitrogens with two attached hydrogens (primary N) is 1. The summed E-state index contributed by atoms with van der Waals surface area (Å²) in [5, 5.41) is 14.0. The van der Waals surface area contributed by atoms with E-state index in [-0.39, 0.29) is 11.9 Å². The van der Waals surface area contributed by atoms with Gasteiger partial charge in [-0.1, -0.05) is 6.07 Å². The molecule has 1 aliphatic carbocycles. The molecule has 17 heavy (non-hydrogen) atoms. The van der Waals surface area contributed by atoms with Crippen LogP contribution in [0.15, 0.2) is 23.1 Å². The molecule has 0 spiro atoms. The van der Waals surface area contributed by atoms with Crippen molar-refractivity contribution < 1.29 is 23.1 Å². The third-order valence-corrected chi connectivity index (χ3v) is 3.28. The Balaban J connectivity index is 2.55. The Morgan fingerprint density at radius 3 is 2.53 bits per heavy atom. The van der Waals surface area contributed by atoms with E-state index in [2.05, 4.69) is 0 Å². The van der Waals surface area contributed by atoms with E-state index in [1.807, 2.05) is 0 Å². The second-order valence-electron chi connectivity index (χ2n) is 3.80. The lowest BCUT2D eigenvalue weighted by Crippen LogP contribution is -2.18. The normalized spacial score (nSPS) is 15.6. The number of sulfonamides is 1. The first-order valence-corrected chi connectivity index (χ1v) is 6.50. The molecule has 0 bridgehead atoms. The number of primary sulfonamides is 1. The quantitative estimate of drug-likeness (QED) is 0.820. The van der Waals surface area contributed by atoms with E-state index in [0.717, 1.165) is 18.9 Å². The van der Waals surface area contributed by atoms with Crippen LogP contribution in [0.3, 0.4) is 0 Å². The molecule has 1 saturated carbocycles. The Morgan fingerprint density at radius 2 is 2.06 bits per heavy atom. The van der Waals surface area contributed by atoms with Crippen molar-refractivity contribution in [3.63, 3.8) is 0 Å². The summed E-state index contributed by atoms with van der Waals surface area (Å²) in [5.41, 5.74) is -0.401. The van der Waals surface area contributed by atoms with Crippen molar-refractivity contribution in [3.05, 3.63) is 23.8 Å². The number of hydrogen-bond acceptors (Lipinski definition) is 4. The second kappa shape index (κ2) is 4.01. The molecule has 7 heteroatoms. The molecule has 0 saturated heterocycles. The second-order valence-corrected chi connectivity index (χ2v) is 5.33. The van der Waals surface area contributed by atoms with Crippen molar-refractivity contribution in [2.45, 2.75) is 23.8 Å². The van der Waals surface area contributed by atoms with Crippen LogP contribution in [0, 0.1) is 0 Å². The van der Waals surface area contributed by atoms with Crippen LogP contribution in [-0.2, 0) is 10.0 Å². The Morgan fingerprint density at radius 1 is 1.41 bits per heavy atom. The van der Waals surface area contributed by atoms with Gasteiger partial charge in [-0.15, -0.1) is 0 Å². The van der Waals surface area contributed by atoms with Gasteiger partial charge in [0.05, 0.1) is 6.10 Å². The minimum atomic E-state index is -4.08. The molecule has 1 aromatic rings. The predicted octanol–water partition coefficient (Wildman–Crippen LogP) is 0.573. The average molecular weight is 257 g/mol. The van der Waals surface area contributed by atoms with Gasteiger partial charge >= 0.3 is 5.97 Å². The molecule has 3 N–H and O–H groups in total. The third-order valence-electron chi connectivity index (χ3n) is 2.33. The van der Waals surface area contributed by atoms with Crippen molar-refractivity contribution in [1.82, 2.24) is 0 Å². The monoisotopic (exact) mass is 257 g/mol. The first-order chi connectivity index (χ1) is 7.89. The maximum Gasteiger partial charge on any atom is 0.340 e. The first-order valence-electron chi connectivity index (χ1n) is 4.95. The van der Waals surface area contributed by atoms with Crippen LogP contribution in [0.2, 0.25) is 0 Å². The molecule has 2 rings (SSSR count). The largest absolute Gasteiger partial charge is 0.489 e. The highest BCUT2D eigenvalue weighted by atomic mass is 32.2. The molecule has 0 radical (unpaired) electrons. The summed E-state index contributed by atoms with van der Waals surface area (Å²) in [6.07, 6.45) is 1.67. The van der Waals surface area contributed by atoms with E-state index in [4.69, 9.17) is 15.0 Å². The Hall–Kier alpha value is -1.60. The molecule has 0 aliphatic heterocycles. The van der Waals surface area contributed by atoms with Crippen LogP contribution in [0.5, 0.6) is 5.75 Å². The molecule has 0 atom stereocenters. The molecule has 1 aliphatic rings. The number of benzene rings is 1. The van der Waals surface area contributed by atoms with E-state index in [9.17, 15) is 13.2 Å². The van der Waals surface area contributed by atoms with Crippen LogP contribution >= 0.6 is 0 Å².